The van der Waals surface area contributed by atoms with Gasteiger partial charge in [0.05, 0.1) is 5.54 Å². The van der Waals surface area contributed by atoms with Crippen LogP contribution in [-0.2, 0) is 11.2 Å². The maximum Gasteiger partial charge on any atom is 0.156 e. The van der Waals surface area contributed by atoms with Crippen molar-refractivity contribution in [3.05, 3.63) is 35.4 Å². The summed E-state index contributed by atoms with van der Waals surface area (Å²) in [4.78, 5) is 11.6. The van der Waals surface area contributed by atoms with E-state index in [1.807, 2.05) is 31.2 Å². The average Bonchev–Trinajstić information content (AvgIpc) is 2.07. The predicted octanol–water partition coefficient (Wildman–Crippen LogP) is 1.84. The van der Waals surface area contributed by atoms with Crippen molar-refractivity contribution in [2.75, 3.05) is 0 Å². The fourth-order valence-electron chi connectivity index (χ4n) is 1.12. The summed E-state index contributed by atoms with van der Waals surface area (Å²) in [7, 11) is 0. The molecule has 2 nitrogen and oxygen atoms in total. The molecular formula is C12H17NO. The van der Waals surface area contributed by atoms with Crippen molar-refractivity contribution in [3.63, 3.8) is 0 Å². The number of hydrogen-bond acceptors (Lipinski definition) is 2. The lowest BCUT2D eigenvalue weighted by Crippen LogP contribution is -2.42. The number of hydrogen-bond donors (Lipinski definition) is 1. The molecule has 0 fully saturated rings. The topological polar surface area (TPSA) is 43.1 Å². The van der Waals surface area contributed by atoms with E-state index in [0.717, 1.165) is 5.56 Å². The van der Waals surface area contributed by atoms with Crippen LogP contribution in [0.1, 0.15) is 25.0 Å². The van der Waals surface area contributed by atoms with Gasteiger partial charge in [-0.05, 0) is 26.3 Å². The molecule has 0 unspecified atom stereocenters. The van der Waals surface area contributed by atoms with Gasteiger partial charge < -0.3 is 5.73 Å². The van der Waals surface area contributed by atoms with Gasteiger partial charge in [-0.15, -0.1) is 0 Å². The molecule has 0 saturated heterocycles. The molecule has 2 N–H and O–H groups in total. The van der Waals surface area contributed by atoms with Gasteiger partial charge >= 0.3 is 0 Å². The lowest BCUT2D eigenvalue weighted by Gasteiger charge is -2.16. The molecule has 0 aliphatic heterocycles. The van der Waals surface area contributed by atoms with E-state index in [4.69, 9.17) is 5.73 Å². The van der Waals surface area contributed by atoms with E-state index in [-0.39, 0.29) is 5.78 Å². The van der Waals surface area contributed by atoms with Gasteiger partial charge in [-0.3, -0.25) is 4.79 Å². The van der Waals surface area contributed by atoms with E-state index >= 15 is 0 Å². The summed E-state index contributed by atoms with van der Waals surface area (Å²) in [6.45, 7) is 5.51. The maximum absolute atomic E-state index is 11.6. The van der Waals surface area contributed by atoms with Gasteiger partial charge in [-0.2, -0.15) is 0 Å². The molecule has 0 radical (unpaired) electrons. The number of nitrogens with two attached hydrogens (primary N) is 1. The second-order valence-electron chi connectivity index (χ2n) is 4.31. The highest BCUT2D eigenvalue weighted by Crippen LogP contribution is 2.08. The largest absolute Gasteiger partial charge is 0.319 e. The summed E-state index contributed by atoms with van der Waals surface area (Å²) >= 11 is 0. The summed E-state index contributed by atoms with van der Waals surface area (Å²) in [6.07, 6.45) is 0.420. The standard InChI is InChI=1S/C12H17NO/c1-9-4-6-10(7-5-9)8-11(14)12(2,3)13/h4-7H,8,13H2,1-3H3. The number of Topliss-reactive ketones (excluding diaryl/α,β-unsaturated/α-hetero) is 1. The number of carbonyl (C=O) groups excluding carboxylic acids is 1. The summed E-state index contributed by atoms with van der Waals surface area (Å²) < 4.78 is 0. The van der Waals surface area contributed by atoms with Crippen LogP contribution in [0.5, 0.6) is 0 Å². The molecule has 0 amide bonds. The number of carbonyl (C=O) groups is 1. The molecule has 14 heavy (non-hydrogen) atoms. The number of rotatable bonds is 3. The van der Waals surface area contributed by atoms with Gasteiger partial charge in [0.2, 0.25) is 0 Å². The van der Waals surface area contributed by atoms with Crippen LogP contribution in [0.4, 0.5) is 0 Å². The minimum absolute atomic E-state index is 0.0707. The van der Waals surface area contributed by atoms with Crippen molar-refractivity contribution in [2.24, 2.45) is 5.73 Å². The first-order valence-electron chi connectivity index (χ1n) is 4.77. The molecule has 0 bridgehead atoms. The Morgan fingerprint density at radius 3 is 2.21 bits per heavy atom. The molecule has 0 aromatic heterocycles. The molecule has 2 heteroatoms. The molecule has 0 aliphatic carbocycles. The fraction of sp³-hybridized carbons (Fsp3) is 0.417. The first-order chi connectivity index (χ1) is 6.39. The van der Waals surface area contributed by atoms with Gasteiger partial charge in [0.1, 0.15) is 0 Å². The first kappa shape index (κ1) is 10.9. The van der Waals surface area contributed by atoms with E-state index in [1.54, 1.807) is 13.8 Å². The Hall–Kier alpha value is -1.15. The van der Waals surface area contributed by atoms with Gasteiger partial charge in [-0.1, -0.05) is 29.8 Å². The smallest absolute Gasteiger partial charge is 0.156 e. The Kier molecular flexibility index (Phi) is 3.06. The minimum atomic E-state index is -0.731. The molecule has 0 aliphatic rings. The Balaban J connectivity index is 2.71. The van der Waals surface area contributed by atoms with Crippen LogP contribution in [-0.4, -0.2) is 11.3 Å². The van der Waals surface area contributed by atoms with E-state index < -0.39 is 5.54 Å². The van der Waals surface area contributed by atoms with Crippen molar-refractivity contribution in [2.45, 2.75) is 32.7 Å². The lowest BCUT2D eigenvalue weighted by atomic mass is 9.94. The molecule has 76 valence electrons. The van der Waals surface area contributed by atoms with Gasteiger partial charge in [-0.25, -0.2) is 0 Å². The lowest BCUT2D eigenvalue weighted by molar-refractivity contribution is -0.122. The molecule has 0 heterocycles. The Labute approximate surface area is 85.1 Å². The van der Waals surface area contributed by atoms with Crippen LogP contribution in [0.15, 0.2) is 24.3 Å². The van der Waals surface area contributed by atoms with Crippen molar-refractivity contribution < 1.29 is 4.79 Å². The van der Waals surface area contributed by atoms with Crippen LogP contribution in [0.2, 0.25) is 0 Å². The van der Waals surface area contributed by atoms with Crippen LogP contribution in [0.3, 0.4) is 0 Å². The third-order valence-electron chi connectivity index (χ3n) is 2.20. The third-order valence-corrected chi connectivity index (χ3v) is 2.20. The monoisotopic (exact) mass is 191 g/mol. The van der Waals surface area contributed by atoms with E-state index in [9.17, 15) is 4.79 Å². The fourth-order valence-corrected chi connectivity index (χ4v) is 1.12. The highest BCUT2D eigenvalue weighted by molar-refractivity contribution is 5.89. The Morgan fingerprint density at radius 1 is 1.29 bits per heavy atom. The van der Waals surface area contributed by atoms with Crippen LogP contribution < -0.4 is 5.73 Å². The second kappa shape index (κ2) is 3.93. The minimum Gasteiger partial charge on any atom is -0.319 e. The van der Waals surface area contributed by atoms with Crippen molar-refractivity contribution in [1.82, 2.24) is 0 Å². The van der Waals surface area contributed by atoms with Crippen LogP contribution in [0.25, 0.3) is 0 Å². The Bertz CT molecular complexity index is 319. The van der Waals surface area contributed by atoms with Gasteiger partial charge in [0.25, 0.3) is 0 Å². The first-order valence-corrected chi connectivity index (χ1v) is 4.77. The number of benzene rings is 1. The number of ketones is 1. The highest BCUT2D eigenvalue weighted by atomic mass is 16.1. The Morgan fingerprint density at radius 2 is 1.79 bits per heavy atom. The predicted molar refractivity (Wildman–Crippen MR) is 58.2 cm³/mol. The molecule has 0 atom stereocenters. The maximum atomic E-state index is 11.6. The van der Waals surface area contributed by atoms with E-state index in [0.29, 0.717) is 6.42 Å². The van der Waals surface area contributed by atoms with Crippen molar-refractivity contribution in [1.29, 1.82) is 0 Å². The second-order valence-corrected chi connectivity index (χ2v) is 4.31. The third kappa shape index (κ3) is 2.96. The van der Waals surface area contributed by atoms with Crippen molar-refractivity contribution in [3.8, 4) is 0 Å². The molecule has 0 saturated carbocycles. The molecule has 1 aromatic carbocycles. The van der Waals surface area contributed by atoms with Crippen LogP contribution in [0, 0.1) is 6.92 Å². The van der Waals surface area contributed by atoms with E-state index in [1.165, 1.54) is 5.56 Å². The summed E-state index contributed by atoms with van der Waals surface area (Å²) in [5.74, 6) is 0.0707. The molecular weight excluding hydrogens is 174 g/mol. The van der Waals surface area contributed by atoms with E-state index in [2.05, 4.69) is 0 Å². The zero-order valence-electron chi connectivity index (χ0n) is 9.00. The SMILES string of the molecule is Cc1ccc(CC(=O)C(C)(C)N)cc1. The zero-order valence-corrected chi connectivity index (χ0v) is 9.00. The van der Waals surface area contributed by atoms with Gasteiger partial charge in [0.15, 0.2) is 5.78 Å². The summed E-state index contributed by atoms with van der Waals surface area (Å²) in [5, 5.41) is 0. The quantitative estimate of drug-likeness (QED) is 0.792. The highest BCUT2D eigenvalue weighted by Gasteiger charge is 2.21. The molecule has 1 aromatic rings. The molecule has 0 spiro atoms. The zero-order chi connectivity index (χ0) is 10.8. The molecule has 1 rings (SSSR count). The summed E-state index contributed by atoms with van der Waals surface area (Å²) in [6, 6.07) is 7.95. The number of aryl methyl sites for hydroxylation is 1. The summed E-state index contributed by atoms with van der Waals surface area (Å²) in [5.41, 5.74) is 7.20. The van der Waals surface area contributed by atoms with Gasteiger partial charge in [0, 0.05) is 6.42 Å². The van der Waals surface area contributed by atoms with Crippen molar-refractivity contribution >= 4 is 5.78 Å². The normalized spacial score (nSPS) is 11.4. The average molecular weight is 191 g/mol. The van der Waals surface area contributed by atoms with Crippen LogP contribution >= 0.6 is 0 Å².